The van der Waals surface area contributed by atoms with Crippen LogP contribution in [-0.4, -0.2) is 50.3 Å². The van der Waals surface area contributed by atoms with Crippen molar-refractivity contribution in [2.75, 3.05) is 33.8 Å². The summed E-state index contributed by atoms with van der Waals surface area (Å²) in [7, 11) is 3.51. The Morgan fingerprint density at radius 3 is 2.32 bits per heavy atom. The van der Waals surface area contributed by atoms with Crippen molar-refractivity contribution in [1.82, 2.24) is 15.5 Å². The van der Waals surface area contributed by atoms with E-state index in [-0.39, 0.29) is 5.60 Å². The lowest BCUT2D eigenvalue weighted by molar-refractivity contribution is 0.0268. The van der Waals surface area contributed by atoms with Gasteiger partial charge in [-0.1, -0.05) is 30.7 Å². The fourth-order valence-electron chi connectivity index (χ4n) is 2.91. The number of rotatable bonds is 7. The van der Waals surface area contributed by atoms with E-state index in [4.69, 9.17) is 4.74 Å². The minimum absolute atomic E-state index is 0.215. The van der Waals surface area contributed by atoms with Crippen molar-refractivity contribution in [3.8, 4) is 0 Å². The molecule has 1 heterocycles. The van der Waals surface area contributed by atoms with Crippen LogP contribution in [0, 0.1) is 0 Å². The van der Waals surface area contributed by atoms with E-state index < -0.39 is 0 Å². The summed E-state index contributed by atoms with van der Waals surface area (Å²) in [4.78, 5) is 6.82. The molecule has 1 aliphatic rings. The third-order valence-corrected chi connectivity index (χ3v) is 4.80. The second-order valence-electron chi connectivity index (χ2n) is 7.40. The van der Waals surface area contributed by atoms with E-state index in [1.165, 1.54) is 43.5 Å². The molecule has 5 heteroatoms. The Morgan fingerprint density at radius 1 is 1.08 bits per heavy atom. The molecule has 140 valence electrons. The Hall–Kier alpha value is -1.59. The zero-order valence-electron chi connectivity index (χ0n) is 16.3. The molecule has 1 fully saturated rings. The Morgan fingerprint density at radius 2 is 1.72 bits per heavy atom. The SMILES string of the molecule is CN=C(NCc1ccc(CN2CCCCC2)cc1)NCC(C)(C)OC. The van der Waals surface area contributed by atoms with E-state index in [2.05, 4.69) is 44.8 Å². The van der Waals surface area contributed by atoms with Crippen LogP contribution in [0.5, 0.6) is 0 Å². The fourth-order valence-corrected chi connectivity index (χ4v) is 2.91. The van der Waals surface area contributed by atoms with Gasteiger partial charge >= 0.3 is 0 Å². The van der Waals surface area contributed by atoms with Gasteiger partial charge in [0.1, 0.15) is 0 Å². The molecule has 0 spiro atoms. The standard InChI is InChI=1S/C20H34N4O/c1-20(2,25-4)16-23-19(21-3)22-14-17-8-10-18(11-9-17)15-24-12-6-5-7-13-24/h8-11H,5-7,12-16H2,1-4H3,(H2,21,22,23). The van der Waals surface area contributed by atoms with Crippen molar-refractivity contribution in [3.05, 3.63) is 35.4 Å². The molecule has 1 saturated heterocycles. The fraction of sp³-hybridized carbons (Fsp3) is 0.650. The predicted octanol–water partition coefficient (Wildman–Crippen LogP) is 2.76. The van der Waals surface area contributed by atoms with Crippen molar-refractivity contribution in [2.45, 2.75) is 51.8 Å². The van der Waals surface area contributed by atoms with Crippen LogP contribution in [0.25, 0.3) is 0 Å². The number of aliphatic imine (C=N–C) groups is 1. The molecule has 1 aromatic rings. The van der Waals surface area contributed by atoms with Crippen LogP contribution < -0.4 is 10.6 Å². The molecule has 5 nitrogen and oxygen atoms in total. The van der Waals surface area contributed by atoms with E-state index in [1.54, 1.807) is 14.2 Å². The van der Waals surface area contributed by atoms with E-state index in [9.17, 15) is 0 Å². The monoisotopic (exact) mass is 346 g/mol. The smallest absolute Gasteiger partial charge is 0.191 e. The summed E-state index contributed by atoms with van der Waals surface area (Å²) in [5.74, 6) is 0.794. The zero-order chi connectivity index (χ0) is 18.1. The summed E-state index contributed by atoms with van der Waals surface area (Å²) in [6, 6.07) is 8.91. The molecule has 2 rings (SSSR count). The van der Waals surface area contributed by atoms with Crippen molar-refractivity contribution < 1.29 is 4.74 Å². The molecule has 0 saturated carbocycles. The normalized spacial score (nSPS) is 16.7. The van der Waals surface area contributed by atoms with Crippen LogP contribution in [0.3, 0.4) is 0 Å². The van der Waals surface area contributed by atoms with Gasteiger partial charge in [0.15, 0.2) is 5.96 Å². The number of likely N-dealkylation sites (tertiary alicyclic amines) is 1. The first-order chi connectivity index (χ1) is 12.0. The first-order valence-corrected chi connectivity index (χ1v) is 9.32. The van der Waals surface area contributed by atoms with E-state index in [1.807, 2.05) is 13.8 Å². The summed E-state index contributed by atoms with van der Waals surface area (Å²) in [5.41, 5.74) is 2.44. The van der Waals surface area contributed by atoms with Crippen LogP contribution >= 0.6 is 0 Å². The van der Waals surface area contributed by atoms with Crippen molar-refractivity contribution in [3.63, 3.8) is 0 Å². The summed E-state index contributed by atoms with van der Waals surface area (Å²) >= 11 is 0. The quantitative estimate of drug-likeness (QED) is 0.589. The number of ether oxygens (including phenoxy) is 1. The van der Waals surface area contributed by atoms with Crippen LogP contribution in [0.2, 0.25) is 0 Å². The molecule has 0 unspecified atom stereocenters. The second kappa shape index (κ2) is 9.78. The molecule has 0 amide bonds. The van der Waals surface area contributed by atoms with Crippen LogP contribution in [0.1, 0.15) is 44.2 Å². The highest BCUT2D eigenvalue weighted by atomic mass is 16.5. The molecule has 25 heavy (non-hydrogen) atoms. The molecular formula is C20H34N4O. The van der Waals surface area contributed by atoms with Crippen molar-refractivity contribution in [2.24, 2.45) is 4.99 Å². The highest BCUT2D eigenvalue weighted by Gasteiger charge is 2.16. The molecule has 0 bridgehead atoms. The molecular weight excluding hydrogens is 312 g/mol. The maximum Gasteiger partial charge on any atom is 0.191 e. The molecule has 0 radical (unpaired) electrons. The largest absolute Gasteiger partial charge is 0.377 e. The third kappa shape index (κ3) is 7.04. The van der Waals surface area contributed by atoms with Crippen molar-refractivity contribution in [1.29, 1.82) is 0 Å². The molecule has 0 aliphatic carbocycles. The minimum Gasteiger partial charge on any atom is -0.377 e. The number of methoxy groups -OCH3 is 1. The highest BCUT2D eigenvalue weighted by molar-refractivity contribution is 5.79. The molecule has 0 aromatic heterocycles. The Bertz CT molecular complexity index is 533. The first kappa shape index (κ1) is 19.7. The Kier molecular flexibility index (Phi) is 7.72. The Labute approximate surface area is 152 Å². The molecule has 1 aliphatic heterocycles. The second-order valence-corrected chi connectivity index (χ2v) is 7.40. The van der Waals surface area contributed by atoms with Gasteiger partial charge in [-0.3, -0.25) is 9.89 Å². The van der Waals surface area contributed by atoms with Gasteiger partial charge in [0.25, 0.3) is 0 Å². The van der Waals surface area contributed by atoms with Gasteiger partial charge in [0.2, 0.25) is 0 Å². The van der Waals surface area contributed by atoms with Crippen LogP contribution in [-0.2, 0) is 17.8 Å². The van der Waals surface area contributed by atoms with Gasteiger partial charge in [-0.25, -0.2) is 0 Å². The van der Waals surface area contributed by atoms with Gasteiger partial charge < -0.3 is 15.4 Å². The number of nitrogens with one attached hydrogen (secondary N) is 2. The summed E-state index contributed by atoms with van der Waals surface area (Å²) < 4.78 is 5.42. The van der Waals surface area contributed by atoms with E-state index >= 15 is 0 Å². The topological polar surface area (TPSA) is 48.9 Å². The zero-order valence-corrected chi connectivity index (χ0v) is 16.3. The lowest BCUT2D eigenvalue weighted by Crippen LogP contribution is -2.45. The molecule has 0 atom stereocenters. The maximum atomic E-state index is 5.42. The van der Waals surface area contributed by atoms with Crippen molar-refractivity contribution >= 4 is 5.96 Å². The number of benzene rings is 1. The number of piperidine rings is 1. The highest BCUT2D eigenvalue weighted by Crippen LogP contribution is 2.13. The Balaban J connectivity index is 1.77. The average Bonchev–Trinajstić information content (AvgIpc) is 2.64. The van der Waals surface area contributed by atoms with Gasteiger partial charge in [-0.05, 0) is 50.9 Å². The number of nitrogens with zero attached hydrogens (tertiary/aromatic N) is 2. The summed E-state index contributed by atoms with van der Waals surface area (Å²) in [6.07, 6.45) is 4.07. The van der Waals surface area contributed by atoms with Gasteiger partial charge in [-0.2, -0.15) is 0 Å². The minimum atomic E-state index is -0.215. The van der Waals surface area contributed by atoms with Gasteiger partial charge in [-0.15, -0.1) is 0 Å². The summed E-state index contributed by atoms with van der Waals surface area (Å²) in [5, 5.41) is 6.66. The lowest BCUT2D eigenvalue weighted by atomic mass is 10.1. The average molecular weight is 347 g/mol. The van der Waals surface area contributed by atoms with Crippen LogP contribution in [0.15, 0.2) is 29.3 Å². The van der Waals surface area contributed by atoms with Gasteiger partial charge in [0.05, 0.1) is 5.60 Å². The number of hydrogen-bond acceptors (Lipinski definition) is 3. The molecule has 1 aromatic carbocycles. The maximum absolute atomic E-state index is 5.42. The first-order valence-electron chi connectivity index (χ1n) is 9.32. The van der Waals surface area contributed by atoms with E-state index in [0.717, 1.165) is 19.0 Å². The summed E-state index contributed by atoms with van der Waals surface area (Å²) in [6.45, 7) is 9.12. The molecule has 2 N–H and O–H groups in total. The van der Waals surface area contributed by atoms with E-state index in [0.29, 0.717) is 6.54 Å². The van der Waals surface area contributed by atoms with Crippen LogP contribution in [0.4, 0.5) is 0 Å². The third-order valence-electron chi connectivity index (χ3n) is 4.80. The number of guanidine groups is 1. The lowest BCUT2D eigenvalue weighted by Gasteiger charge is -2.26. The number of hydrogen-bond donors (Lipinski definition) is 2. The predicted molar refractivity (Wildman–Crippen MR) is 105 cm³/mol. The van der Waals surface area contributed by atoms with Gasteiger partial charge in [0, 0.05) is 33.8 Å².